The van der Waals surface area contributed by atoms with Crippen LogP contribution < -0.4 is 10.5 Å². The van der Waals surface area contributed by atoms with E-state index in [9.17, 15) is 18.0 Å². The minimum atomic E-state index is -4.93. The van der Waals surface area contributed by atoms with E-state index in [-0.39, 0.29) is 5.82 Å². The van der Waals surface area contributed by atoms with Gasteiger partial charge < -0.3 is 15.6 Å². The molecule has 0 amide bonds. The summed E-state index contributed by atoms with van der Waals surface area (Å²) >= 11 is 0. The molecule has 0 unspecified atom stereocenters. The van der Waals surface area contributed by atoms with Crippen LogP contribution in [0.3, 0.4) is 0 Å². The zero-order valence-electron chi connectivity index (χ0n) is 7.08. The Morgan fingerprint density at radius 3 is 2.53 bits per heavy atom. The van der Waals surface area contributed by atoms with Gasteiger partial charge in [0.15, 0.2) is 0 Å². The maximum absolute atomic E-state index is 11.8. The number of ether oxygens (including phenoxy) is 1. The van der Waals surface area contributed by atoms with Crippen LogP contribution in [0, 0.1) is 0 Å². The van der Waals surface area contributed by atoms with Gasteiger partial charge in [-0.3, -0.25) is 0 Å². The number of hydrogen-bond acceptors (Lipinski definition) is 4. The van der Waals surface area contributed by atoms with Gasteiger partial charge in [0.1, 0.15) is 5.82 Å². The van der Waals surface area contributed by atoms with E-state index in [4.69, 9.17) is 10.8 Å². The van der Waals surface area contributed by atoms with Crippen LogP contribution in [0.15, 0.2) is 12.1 Å². The van der Waals surface area contributed by atoms with E-state index < -0.39 is 23.8 Å². The monoisotopic (exact) mass is 222 g/mol. The molecule has 1 aromatic rings. The first kappa shape index (κ1) is 11.1. The number of nitrogens with zero attached hydrogens (tertiary/aromatic N) is 1. The van der Waals surface area contributed by atoms with Crippen molar-refractivity contribution in [3.8, 4) is 5.88 Å². The Bertz CT molecular complexity index is 392. The second-order valence-corrected chi connectivity index (χ2v) is 2.47. The Hall–Kier alpha value is -1.99. The first-order chi connectivity index (χ1) is 6.78. The molecule has 0 aliphatic heterocycles. The van der Waals surface area contributed by atoms with Crippen molar-refractivity contribution in [2.75, 3.05) is 5.73 Å². The summed E-state index contributed by atoms with van der Waals surface area (Å²) in [7, 11) is 0. The van der Waals surface area contributed by atoms with Gasteiger partial charge >= 0.3 is 12.3 Å². The average molecular weight is 222 g/mol. The number of aromatic nitrogens is 1. The summed E-state index contributed by atoms with van der Waals surface area (Å²) in [5.74, 6) is -2.69. The van der Waals surface area contributed by atoms with E-state index in [1.54, 1.807) is 0 Å². The number of halogens is 3. The van der Waals surface area contributed by atoms with E-state index in [1.165, 1.54) is 0 Å². The third-order valence-electron chi connectivity index (χ3n) is 1.29. The van der Waals surface area contributed by atoms with E-state index in [0.29, 0.717) is 6.07 Å². The highest BCUT2D eigenvalue weighted by Crippen LogP contribution is 2.22. The number of pyridine rings is 1. The van der Waals surface area contributed by atoms with Crippen molar-refractivity contribution in [2.24, 2.45) is 0 Å². The molecule has 82 valence electrons. The number of hydrogen-bond donors (Lipinski definition) is 2. The zero-order valence-corrected chi connectivity index (χ0v) is 7.08. The molecular weight excluding hydrogens is 217 g/mol. The summed E-state index contributed by atoms with van der Waals surface area (Å²) in [5.41, 5.74) is 4.67. The lowest BCUT2D eigenvalue weighted by atomic mass is 10.2. The van der Waals surface area contributed by atoms with Crippen molar-refractivity contribution < 1.29 is 27.8 Å². The minimum absolute atomic E-state index is 0.367. The zero-order chi connectivity index (χ0) is 11.6. The molecule has 0 aromatic carbocycles. The number of carboxylic acids is 1. The third kappa shape index (κ3) is 3.33. The van der Waals surface area contributed by atoms with Gasteiger partial charge in [0.05, 0.1) is 5.56 Å². The number of rotatable bonds is 2. The smallest absolute Gasteiger partial charge is 0.478 e. The number of aromatic carboxylic acids is 1. The molecule has 0 aliphatic carbocycles. The fraction of sp³-hybridized carbons (Fsp3) is 0.143. The normalized spacial score (nSPS) is 11.1. The largest absolute Gasteiger partial charge is 0.574 e. The van der Waals surface area contributed by atoms with Crippen LogP contribution in [-0.4, -0.2) is 22.4 Å². The van der Waals surface area contributed by atoms with Crippen LogP contribution in [-0.2, 0) is 0 Å². The van der Waals surface area contributed by atoms with Crippen molar-refractivity contribution in [3.05, 3.63) is 17.7 Å². The summed E-state index contributed by atoms with van der Waals surface area (Å²) in [4.78, 5) is 13.6. The van der Waals surface area contributed by atoms with Gasteiger partial charge in [-0.1, -0.05) is 0 Å². The molecule has 1 aromatic heterocycles. The number of carbonyl (C=O) groups is 1. The molecule has 0 radical (unpaired) electrons. The highest BCUT2D eigenvalue weighted by Gasteiger charge is 2.32. The van der Waals surface area contributed by atoms with E-state index in [0.717, 1.165) is 6.07 Å². The molecule has 0 bridgehead atoms. The minimum Gasteiger partial charge on any atom is -0.478 e. The molecule has 1 heterocycles. The van der Waals surface area contributed by atoms with Gasteiger partial charge in [-0.15, -0.1) is 13.2 Å². The Labute approximate surface area is 81.3 Å². The summed E-state index contributed by atoms with van der Waals surface area (Å²) in [6.07, 6.45) is -4.93. The lowest BCUT2D eigenvalue weighted by Crippen LogP contribution is -2.18. The number of anilines is 1. The summed E-state index contributed by atoms with van der Waals surface area (Å²) in [6.45, 7) is 0. The first-order valence-corrected chi connectivity index (χ1v) is 3.54. The average Bonchev–Trinajstić information content (AvgIpc) is 1.99. The van der Waals surface area contributed by atoms with Gasteiger partial charge in [0.25, 0.3) is 0 Å². The standard InChI is InChI=1S/C7H5F3N2O3/c8-7(9,10)15-5-2-3(6(13)14)1-4(11)12-5/h1-2H,(H2,11,12)(H,13,14). The Morgan fingerprint density at radius 1 is 1.47 bits per heavy atom. The van der Waals surface area contributed by atoms with Gasteiger partial charge in [-0.25, -0.2) is 4.79 Å². The van der Waals surface area contributed by atoms with Crippen LogP contribution in [0.5, 0.6) is 5.88 Å². The molecule has 0 saturated carbocycles. The Morgan fingerprint density at radius 2 is 2.07 bits per heavy atom. The third-order valence-corrected chi connectivity index (χ3v) is 1.29. The number of alkyl halides is 3. The lowest BCUT2D eigenvalue weighted by molar-refractivity contribution is -0.276. The number of carboxylic acid groups (broad SMARTS) is 1. The van der Waals surface area contributed by atoms with Crippen molar-refractivity contribution in [2.45, 2.75) is 6.36 Å². The van der Waals surface area contributed by atoms with Crippen LogP contribution in [0.1, 0.15) is 10.4 Å². The molecule has 15 heavy (non-hydrogen) atoms. The van der Waals surface area contributed by atoms with Gasteiger partial charge in [-0.05, 0) is 6.07 Å². The molecule has 0 atom stereocenters. The van der Waals surface area contributed by atoms with Crippen molar-refractivity contribution in [1.82, 2.24) is 4.98 Å². The van der Waals surface area contributed by atoms with E-state index >= 15 is 0 Å². The van der Waals surface area contributed by atoms with Crippen LogP contribution in [0.25, 0.3) is 0 Å². The van der Waals surface area contributed by atoms with Crippen molar-refractivity contribution in [3.63, 3.8) is 0 Å². The maximum atomic E-state index is 11.8. The topological polar surface area (TPSA) is 85.4 Å². The summed E-state index contributed by atoms with van der Waals surface area (Å²) < 4.78 is 38.7. The van der Waals surface area contributed by atoms with Crippen LogP contribution in [0.4, 0.5) is 19.0 Å². The van der Waals surface area contributed by atoms with Gasteiger partial charge in [0, 0.05) is 6.07 Å². The highest BCUT2D eigenvalue weighted by molar-refractivity contribution is 5.88. The van der Waals surface area contributed by atoms with Crippen LogP contribution in [0.2, 0.25) is 0 Å². The van der Waals surface area contributed by atoms with E-state index in [1.807, 2.05) is 0 Å². The van der Waals surface area contributed by atoms with Crippen molar-refractivity contribution >= 4 is 11.8 Å². The molecular formula is C7H5F3N2O3. The SMILES string of the molecule is Nc1cc(C(=O)O)cc(OC(F)(F)F)n1. The molecule has 0 fully saturated rings. The molecule has 3 N–H and O–H groups in total. The first-order valence-electron chi connectivity index (χ1n) is 3.54. The summed E-state index contributed by atoms with van der Waals surface area (Å²) in [5, 5.41) is 8.51. The van der Waals surface area contributed by atoms with Gasteiger partial charge in [-0.2, -0.15) is 4.98 Å². The molecule has 8 heteroatoms. The number of nitrogen functional groups attached to an aromatic ring is 1. The Kier molecular flexibility index (Phi) is 2.69. The second kappa shape index (κ2) is 3.64. The molecule has 0 aliphatic rings. The quantitative estimate of drug-likeness (QED) is 0.786. The fourth-order valence-electron chi connectivity index (χ4n) is 0.820. The Balaban J connectivity index is 3.04. The molecule has 5 nitrogen and oxygen atoms in total. The predicted molar refractivity (Wildman–Crippen MR) is 42.3 cm³/mol. The molecule has 0 spiro atoms. The number of nitrogens with two attached hydrogens (primary N) is 1. The lowest BCUT2D eigenvalue weighted by Gasteiger charge is -2.08. The van der Waals surface area contributed by atoms with Gasteiger partial charge in [0.2, 0.25) is 5.88 Å². The molecule has 0 saturated heterocycles. The summed E-state index contributed by atoms with van der Waals surface area (Å²) in [6, 6.07) is 1.55. The van der Waals surface area contributed by atoms with Crippen molar-refractivity contribution in [1.29, 1.82) is 0 Å². The highest BCUT2D eigenvalue weighted by atomic mass is 19.4. The fourth-order valence-corrected chi connectivity index (χ4v) is 0.820. The second-order valence-electron chi connectivity index (χ2n) is 2.47. The maximum Gasteiger partial charge on any atom is 0.574 e. The predicted octanol–water partition coefficient (Wildman–Crippen LogP) is 1.26. The van der Waals surface area contributed by atoms with E-state index in [2.05, 4.69) is 9.72 Å². The molecule has 1 rings (SSSR count). The van der Waals surface area contributed by atoms with Crippen LogP contribution >= 0.6 is 0 Å².